The molecule has 6 heteroatoms. The lowest BCUT2D eigenvalue weighted by molar-refractivity contribution is 0.102. The van der Waals surface area contributed by atoms with Crippen molar-refractivity contribution in [3.05, 3.63) is 39.5 Å². The maximum atomic E-state index is 12.0. The summed E-state index contributed by atoms with van der Waals surface area (Å²) in [7, 11) is 1.51. The molecule has 0 bridgehead atoms. The Kier molecular flexibility index (Phi) is 3.74. The Balaban J connectivity index is 2.19. The second kappa shape index (κ2) is 5.29. The minimum absolute atomic E-state index is 0.0763. The highest BCUT2D eigenvalue weighted by Crippen LogP contribution is 2.28. The van der Waals surface area contributed by atoms with Gasteiger partial charge in [-0.2, -0.15) is 0 Å². The third-order valence-corrected chi connectivity index (χ3v) is 3.47. The molecule has 0 saturated heterocycles. The van der Waals surface area contributed by atoms with E-state index in [2.05, 4.69) is 5.32 Å². The number of rotatable bonds is 3. The maximum Gasteiger partial charge on any atom is 0.269 e. The number of hydrogen-bond donors (Lipinski definition) is 2. The normalized spacial score (nSPS) is 10.1. The predicted octanol–water partition coefficient (Wildman–Crippen LogP) is 3.37. The van der Waals surface area contributed by atoms with E-state index in [4.69, 9.17) is 16.3 Å². The van der Waals surface area contributed by atoms with Crippen molar-refractivity contribution in [1.82, 2.24) is 0 Å². The fourth-order valence-electron chi connectivity index (χ4n) is 1.40. The van der Waals surface area contributed by atoms with Crippen LogP contribution in [-0.2, 0) is 0 Å². The number of halogens is 1. The van der Waals surface area contributed by atoms with Gasteiger partial charge < -0.3 is 15.2 Å². The number of nitrogens with one attached hydrogen (secondary N) is 1. The van der Waals surface area contributed by atoms with Crippen molar-refractivity contribution < 1.29 is 14.6 Å². The number of phenolic OH excluding ortho intramolecular Hbond substituents is 1. The van der Waals surface area contributed by atoms with E-state index in [9.17, 15) is 9.90 Å². The van der Waals surface area contributed by atoms with Crippen molar-refractivity contribution in [2.75, 3.05) is 12.4 Å². The SMILES string of the molecule is COc1ccsc1C(=O)Nc1ccc(Cl)c(O)c1. The lowest BCUT2D eigenvalue weighted by Gasteiger charge is -2.06. The van der Waals surface area contributed by atoms with Crippen molar-refractivity contribution in [2.45, 2.75) is 0 Å². The Morgan fingerprint density at radius 3 is 2.89 bits per heavy atom. The number of phenols is 1. The molecule has 0 unspecified atom stereocenters. The van der Waals surface area contributed by atoms with Crippen molar-refractivity contribution in [2.24, 2.45) is 0 Å². The van der Waals surface area contributed by atoms with Gasteiger partial charge in [0.25, 0.3) is 5.91 Å². The van der Waals surface area contributed by atoms with Crippen LogP contribution in [0.3, 0.4) is 0 Å². The number of aromatic hydroxyl groups is 1. The van der Waals surface area contributed by atoms with Gasteiger partial charge in [-0.1, -0.05) is 11.6 Å². The third-order valence-electron chi connectivity index (χ3n) is 2.26. The lowest BCUT2D eigenvalue weighted by atomic mass is 10.3. The molecule has 0 aliphatic rings. The minimum Gasteiger partial charge on any atom is -0.506 e. The number of methoxy groups -OCH3 is 1. The van der Waals surface area contributed by atoms with E-state index in [-0.39, 0.29) is 16.7 Å². The first kappa shape index (κ1) is 12.7. The van der Waals surface area contributed by atoms with Crippen LogP contribution in [0, 0.1) is 0 Å². The van der Waals surface area contributed by atoms with Crippen LogP contribution in [0.25, 0.3) is 0 Å². The van der Waals surface area contributed by atoms with Crippen LogP contribution in [0.15, 0.2) is 29.6 Å². The van der Waals surface area contributed by atoms with Crippen LogP contribution in [-0.4, -0.2) is 18.1 Å². The van der Waals surface area contributed by atoms with Gasteiger partial charge in [-0.25, -0.2) is 0 Å². The molecule has 4 nitrogen and oxygen atoms in total. The van der Waals surface area contributed by atoms with Crippen LogP contribution in [0.2, 0.25) is 5.02 Å². The molecular weight excluding hydrogens is 274 g/mol. The van der Waals surface area contributed by atoms with Gasteiger partial charge in [0, 0.05) is 11.8 Å². The molecule has 0 spiro atoms. The molecule has 0 aliphatic heterocycles. The number of amides is 1. The topological polar surface area (TPSA) is 58.6 Å². The fraction of sp³-hybridized carbons (Fsp3) is 0.0833. The summed E-state index contributed by atoms with van der Waals surface area (Å²) in [6, 6.07) is 6.23. The van der Waals surface area contributed by atoms with Gasteiger partial charge in [-0.3, -0.25) is 4.79 Å². The standard InChI is InChI=1S/C12H10ClNO3S/c1-17-10-4-5-18-11(10)12(16)14-7-2-3-8(13)9(15)6-7/h2-6,15H,1H3,(H,14,16). The summed E-state index contributed by atoms with van der Waals surface area (Å²) in [6.45, 7) is 0. The second-order valence-corrected chi connectivity index (χ2v) is 4.76. The minimum atomic E-state index is -0.288. The Hall–Kier alpha value is -1.72. The number of carbonyl (C=O) groups is 1. The zero-order valence-electron chi connectivity index (χ0n) is 9.44. The Labute approximate surface area is 113 Å². The molecule has 2 aromatic rings. The molecule has 2 N–H and O–H groups in total. The smallest absolute Gasteiger partial charge is 0.269 e. The van der Waals surface area contributed by atoms with Gasteiger partial charge in [-0.05, 0) is 23.6 Å². The summed E-state index contributed by atoms with van der Waals surface area (Å²) in [5, 5.41) is 14.1. The molecule has 0 saturated carbocycles. The van der Waals surface area contributed by atoms with Gasteiger partial charge in [-0.15, -0.1) is 11.3 Å². The zero-order chi connectivity index (χ0) is 13.1. The Bertz CT molecular complexity index is 582. The highest BCUT2D eigenvalue weighted by molar-refractivity contribution is 7.12. The molecular formula is C12H10ClNO3S. The van der Waals surface area contributed by atoms with Crippen LogP contribution in [0.1, 0.15) is 9.67 Å². The largest absolute Gasteiger partial charge is 0.506 e. The Morgan fingerprint density at radius 2 is 2.22 bits per heavy atom. The van der Waals surface area contributed by atoms with Gasteiger partial charge >= 0.3 is 0 Å². The molecule has 94 valence electrons. The first-order valence-electron chi connectivity index (χ1n) is 5.03. The third kappa shape index (κ3) is 2.57. The average molecular weight is 284 g/mol. The maximum absolute atomic E-state index is 12.0. The van der Waals surface area contributed by atoms with E-state index in [0.717, 1.165) is 0 Å². The molecule has 1 aromatic carbocycles. The Morgan fingerprint density at radius 1 is 1.44 bits per heavy atom. The molecule has 1 aromatic heterocycles. The fourth-order valence-corrected chi connectivity index (χ4v) is 2.27. The van der Waals surface area contributed by atoms with Crippen molar-refractivity contribution in [3.63, 3.8) is 0 Å². The average Bonchev–Trinajstić information content (AvgIpc) is 2.82. The van der Waals surface area contributed by atoms with E-state index in [0.29, 0.717) is 16.3 Å². The van der Waals surface area contributed by atoms with Crippen molar-refractivity contribution >= 4 is 34.5 Å². The summed E-state index contributed by atoms with van der Waals surface area (Å²) in [5.41, 5.74) is 0.470. The molecule has 0 radical (unpaired) electrons. The highest BCUT2D eigenvalue weighted by Gasteiger charge is 2.14. The van der Waals surface area contributed by atoms with Gasteiger partial charge in [0.1, 0.15) is 16.4 Å². The van der Waals surface area contributed by atoms with Crippen LogP contribution >= 0.6 is 22.9 Å². The summed E-state index contributed by atoms with van der Waals surface area (Å²) < 4.78 is 5.07. The molecule has 1 amide bonds. The van der Waals surface area contributed by atoms with Gasteiger partial charge in [0.15, 0.2) is 0 Å². The van der Waals surface area contributed by atoms with E-state index in [1.54, 1.807) is 17.5 Å². The molecule has 0 fully saturated rings. The molecule has 0 aliphatic carbocycles. The first-order chi connectivity index (χ1) is 8.61. The first-order valence-corrected chi connectivity index (χ1v) is 6.29. The summed E-state index contributed by atoms with van der Waals surface area (Å²) >= 11 is 6.97. The summed E-state index contributed by atoms with van der Waals surface area (Å²) in [4.78, 5) is 12.4. The second-order valence-electron chi connectivity index (χ2n) is 3.44. The van der Waals surface area contributed by atoms with Gasteiger partial charge in [0.05, 0.1) is 12.1 Å². The van der Waals surface area contributed by atoms with Crippen molar-refractivity contribution in [1.29, 1.82) is 0 Å². The highest BCUT2D eigenvalue weighted by atomic mass is 35.5. The van der Waals surface area contributed by atoms with E-state index >= 15 is 0 Å². The molecule has 2 rings (SSSR count). The molecule has 18 heavy (non-hydrogen) atoms. The van der Waals surface area contributed by atoms with E-state index in [1.165, 1.54) is 30.6 Å². The number of ether oxygens (including phenoxy) is 1. The predicted molar refractivity (Wildman–Crippen MR) is 71.9 cm³/mol. The number of hydrogen-bond acceptors (Lipinski definition) is 4. The van der Waals surface area contributed by atoms with E-state index < -0.39 is 0 Å². The van der Waals surface area contributed by atoms with Crippen molar-refractivity contribution in [3.8, 4) is 11.5 Å². The summed E-state index contributed by atoms with van der Waals surface area (Å²) in [6.07, 6.45) is 0. The monoisotopic (exact) mass is 283 g/mol. The van der Waals surface area contributed by atoms with Crippen LogP contribution < -0.4 is 10.1 Å². The number of carbonyl (C=O) groups excluding carboxylic acids is 1. The molecule has 0 atom stereocenters. The van der Waals surface area contributed by atoms with E-state index in [1.807, 2.05) is 0 Å². The number of benzene rings is 1. The lowest BCUT2D eigenvalue weighted by Crippen LogP contribution is -2.11. The van der Waals surface area contributed by atoms with Gasteiger partial charge in [0.2, 0.25) is 0 Å². The quantitative estimate of drug-likeness (QED) is 0.908. The summed E-state index contributed by atoms with van der Waals surface area (Å²) in [5.74, 6) is 0.159. The number of thiophene rings is 1. The number of anilines is 1. The van der Waals surface area contributed by atoms with Crippen LogP contribution in [0.5, 0.6) is 11.5 Å². The zero-order valence-corrected chi connectivity index (χ0v) is 11.0. The van der Waals surface area contributed by atoms with Crippen LogP contribution in [0.4, 0.5) is 5.69 Å². The molecule has 1 heterocycles.